The first-order chi connectivity index (χ1) is 11.0. The van der Waals surface area contributed by atoms with E-state index in [2.05, 4.69) is 19.6 Å². The Morgan fingerprint density at radius 3 is 2.78 bits per heavy atom. The molecule has 0 saturated carbocycles. The van der Waals surface area contributed by atoms with E-state index < -0.39 is 10.0 Å². The summed E-state index contributed by atoms with van der Waals surface area (Å²) in [6.45, 7) is 4.83. The van der Waals surface area contributed by atoms with Crippen LogP contribution in [0.5, 0.6) is 0 Å². The van der Waals surface area contributed by atoms with Gasteiger partial charge in [-0.05, 0) is 25.1 Å². The molecule has 0 amide bonds. The van der Waals surface area contributed by atoms with Crippen molar-refractivity contribution >= 4 is 27.2 Å². The van der Waals surface area contributed by atoms with Crippen LogP contribution >= 0.6 is 11.3 Å². The molecule has 0 atom stereocenters. The zero-order valence-electron chi connectivity index (χ0n) is 12.7. The molecule has 1 saturated heterocycles. The quantitative estimate of drug-likeness (QED) is 0.867. The largest absolute Gasteiger partial charge is 0.378 e. The van der Waals surface area contributed by atoms with Crippen molar-refractivity contribution in [2.75, 3.05) is 31.2 Å². The summed E-state index contributed by atoms with van der Waals surface area (Å²) in [7, 11) is -3.52. The highest BCUT2D eigenvalue weighted by atomic mass is 32.2. The fraction of sp³-hybridized carbons (Fsp3) is 0.429. The Hall–Kier alpha value is -1.55. The van der Waals surface area contributed by atoms with Crippen LogP contribution in [0.4, 0.5) is 5.82 Å². The number of hydrogen-bond acceptors (Lipinski definition) is 7. The standard InChI is InChI=1S/C14H18N4O3S2/c1-11-2-3-14(22-11)23(19,20)16-10-12-15-5-4-13(17-12)18-6-8-21-9-7-18/h2-5,16H,6-10H2,1H3. The smallest absolute Gasteiger partial charge is 0.250 e. The van der Waals surface area contributed by atoms with Gasteiger partial charge in [-0.25, -0.2) is 23.1 Å². The third-order valence-electron chi connectivity index (χ3n) is 3.43. The Kier molecular flexibility index (Phi) is 4.90. The van der Waals surface area contributed by atoms with Crippen molar-refractivity contribution in [1.29, 1.82) is 0 Å². The highest BCUT2D eigenvalue weighted by molar-refractivity contribution is 7.91. The molecule has 1 aliphatic heterocycles. The molecule has 3 rings (SSSR count). The molecule has 124 valence electrons. The van der Waals surface area contributed by atoms with E-state index >= 15 is 0 Å². The first-order valence-corrected chi connectivity index (χ1v) is 9.55. The number of ether oxygens (including phenoxy) is 1. The summed E-state index contributed by atoms with van der Waals surface area (Å²) in [6, 6.07) is 5.22. The molecular weight excluding hydrogens is 336 g/mol. The second kappa shape index (κ2) is 6.91. The lowest BCUT2D eigenvalue weighted by molar-refractivity contribution is 0.122. The number of aromatic nitrogens is 2. The average Bonchev–Trinajstić information content (AvgIpc) is 3.02. The van der Waals surface area contributed by atoms with Crippen molar-refractivity contribution in [1.82, 2.24) is 14.7 Å². The van der Waals surface area contributed by atoms with Gasteiger partial charge in [0.05, 0.1) is 19.8 Å². The van der Waals surface area contributed by atoms with Gasteiger partial charge < -0.3 is 9.64 Å². The second-order valence-electron chi connectivity index (χ2n) is 5.12. The molecule has 0 aromatic carbocycles. The third kappa shape index (κ3) is 4.05. The van der Waals surface area contributed by atoms with Gasteiger partial charge in [-0.15, -0.1) is 11.3 Å². The topological polar surface area (TPSA) is 84.4 Å². The molecular formula is C14H18N4O3S2. The Morgan fingerprint density at radius 1 is 1.30 bits per heavy atom. The number of aryl methyl sites for hydroxylation is 1. The van der Waals surface area contributed by atoms with E-state index in [9.17, 15) is 8.42 Å². The molecule has 3 heterocycles. The van der Waals surface area contributed by atoms with Crippen LogP contribution in [0.15, 0.2) is 28.6 Å². The molecule has 0 radical (unpaired) electrons. The van der Waals surface area contributed by atoms with Gasteiger partial charge in [0.25, 0.3) is 0 Å². The predicted molar refractivity (Wildman–Crippen MR) is 88.1 cm³/mol. The summed E-state index contributed by atoms with van der Waals surface area (Å²) in [4.78, 5) is 11.6. The molecule has 2 aromatic rings. The van der Waals surface area contributed by atoms with Gasteiger partial charge in [0.15, 0.2) is 0 Å². The van der Waals surface area contributed by atoms with E-state index in [0.717, 1.165) is 23.8 Å². The molecule has 1 fully saturated rings. The van der Waals surface area contributed by atoms with Crippen molar-refractivity contribution in [3.63, 3.8) is 0 Å². The summed E-state index contributed by atoms with van der Waals surface area (Å²) in [6.07, 6.45) is 1.65. The lowest BCUT2D eigenvalue weighted by atomic mass is 10.4. The normalized spacial score (nSPS) is 15.8. The molecule has 0 spiro atoms. The van der Waals surface area contributed by atoms with Gasteiger partial charge in [0.1, 0.15) is 15.9 Å². The maximum absolute atomic E-state index is 12.2. The van der Waals surface area contributed by atoms with Gasteiger partial charge in [0.2, 0.25) is 10.0 Å². The van der Waals surface area contributed by atoms with Crippen LogP contribution in [-0.4, -0.2) is 44.7 Å². The molecule has 9 heteroatoms. The average molecular weight is 354 g/mol. The highest BCUT2D eigenvalue weighted by Gasteiger charge is 2.17. The summed E-state index contributed by atoms with van der Waals surface area (Å²) >= 11 is 1.24. The van der Waals surface area contributed by atoms with Crippen LogP contribution < -0.4 is 9.62 Å². The zero-order valence-corrected chi connectivity index (χ0v) is 14.4. The Balaban J connectivity index is 1.68. The van der Waals surface area contributed by atoms with Gasteiger partial charge in [-0.1, -0.05) is 0 Å². The molecule has 0 unspecified atom stereocenters. The van der Waals surface area contributed by atoms with E-state index in [4.69, 9.17) is 4.74 Å². The van der Waals surface area contributed by atoms with E-state index in [1.807, 2.05) is 13.0 Å². The van der Waals surface area contributed by atoms with E-state index in [0.29, 0.717) is 23.2 Å². The van der Waals surface area contributed by atoms with E-state index in [1.165, 1.54) is 11.3 Å². The van der Waals surface area contributed by atoms with Crippen molar-refractivity contribution in [3.05, 3.63) is 35.1 Å². The summed E-state index contributed by atoms with van der Waals surface area (Å²) in [5, 5.41) is 0. The van der Waals surface area contributed by atoms with Crippen molar-refractivity contribution in [3.8, 4) is 0 Å². The number of anilines is 1. The predicted octanol–water partition coefficient (Wildman–Crippen LogP) is 1.16. The van der Waals surface area contributed by atoms with Crippen LogP contribution in [0.3, 0.4) is 0 Å². The number of rotatable bonds is 5. The third-order valence-corrected chi connectivity index (χ3v) is 6.32. The van der Waals surface area contributed by atoms with Crippen LogP contribution in [-0.2, 0) is 21.3 Å². The van der Waals surface area contributed by atoms with Gasteiger partial charge in [-0.3, -0.25) is 0 Å². The summed E-state index contributed by atoms with van der Waals surface area (Å²) < 4.78 is 32.6. The maximum Gasteiger partial charge on any atom is 0.250 e. The molecule has 7 nitrogen and oxygen atoms in total. The van der Waals surface area contributed by atoms with Gasteiger partial charge in [0, 0.05) is 24.2 Å². The maximum atomic E-state index is 12.2. The van der Waals surface area contributed by atoms with Crippen molar-refractivity contribution in [2.45, 2.75) is 17.7 Å². The monoisotopic (exact) mass is 354 g/mol. The number of nitrogens with one attached hydrogen (secondary N) is 1. The van der Waals surface area contributed by atoms with Crippen LogP contribution in [0.25, 0.3) is 0 Å². The Morgan fingerprint density at radius 2 is 2.09 bits per heavy atom. The molecule has 23 heavy (non-hydrogen) atoms. The lowest BCUT2D eigenvalue weighted by Gasteiger charge is -2.27. The number of hydrogen-bond donors (Lipinski definition) is 1. The first kappa shape index (κ1) is 16.3. The molecule has 0 bridgehead atoms. The molecule has 1 N–H and O–H groups in total. The second-order valence-corrected chi connectivity index (χ2v) is 8.40. The number of sulfonamides is 1. The van der Waals surface area contributed by atoms with Crippen molar-refractivity contribution < 1.29 is 13.2 Å². The molecule has 1 aliphatic rings. The van der Waals surface area contributed by atoms with Gasteiger partial charge >= 0.3 is 0 Å². The minimum Gasteiger partial charge on any atom is -0.378 e. The fourth-order valence-corrected chi connectivity index (χ4v) is 4.54. The molecule has 2 aromatic heterocycles. The van der Waals surface area contributed by atoms with Crippen molar-refractivity contribution in [2.24, 2.45) is 0 Å². The van der Waals surface area contributed by atoms with Crippen LogP contribution in [0.1, 0.15) is 10.7 Å². The fourth-order valence-electron chi connectivity index (χ4n) is 2.23. The number of thiophene rings is 1. The molecule has 0 aliphatic carbocycles. The lowest BCUT2D eigenvalue weighted by Crippen LogP contribution is -2.37. The van der Waals surface area contributed by atoms with Crippen LogP contribution in [0, 0.1) is 6.92 Å². The Bertz CT molecular complexity index is 770. The highest BCUT2D eigenvalue weighted by Crippen LogP contribution is 2.20. The number of morpholine rings is 1. The number of nitrogens with zero attached hydrogens (tertiary/aromatic N) is 3. The zero-order chi connectivity index (χ0) is 16.3. The van der Waals surface area contributed by atoms with E-state index in [-0.39, 0.29) is 6.54 Å². The summed E-state index contributed by atoms with van der Waals surface area (Å²) in [5.41, 5.74) is 0. The Labute approximate surface area is 139 Å². The minimum absolute atomic E-state index is 0.0669. The first-order valence-electron chi connectivity index (χ1n) is 7.25. The van der Waals surface area contributed by atoms with Gasteiger partial charge in [-0.2, -0.15) is 0 Å². The van der Waals surface area contributed by atoms with E-state index in [1.54, 1.807) is 18.3 Å². The summed E-state index contributed by atoms with van der Waals surface area (Å²) in [5.74, 6) is 1.25. The van der Waals surface area contributed by atoms with Crippen LogP contribution in [0.2, 0.25) is 0 Å². The minimum atomic E-state index is -3.52. The SMILES string of the molecule is Cc1ccc(S(=O)(=O)NCc2nccc(N3CCOCC3)n2)s1.